The van der Waals surface area contributed by atoms with Gasteiger partial charge < -0.3 is 10.6 Å². The lowest BCUT2D eigenvalue weighted by Gasteiger charge is -2.23. The van der Waals surface area contributed by atoms with Crippen LogP contribution in [0.25, 0.3) is 5.57 Å². The Morgan fingerprint density at radius 2 is 2.17 bits per heavy atom. The number of aliphatic imine (C=N–C) groups is 1. The molecule has 5 heteroatoms. The third-order valence-corrected chi connectivity index (χ3v) is 4.58. The molecule has 2 heterocycles. The summed E-state index contributed by atoms with van der Waals surface area (Å²) in [4.78, 5) is 8.98. The van der Waals surface area contributed by atoms with Crippen LogP contribution in [-0.2, 0) is 0 Å². The first kappa shape index (κ1) is 16.3. The summed E-state index contributed by atoms with van der Waals surface area (Å²) in [6.45, 7) is 2.80. The summed E-state index contributed by atoms with van der Waals surface area (Å²) in [5.74, 6) is 1.39. The van der Waals surface area contributed by atoms with Crippen molar-refractivity contribution in [1.29, 1.82) is 5.26 Å². The molecule has 0 spiro atoms. The van der Waals surface area contributed by atoms with Gasteiger partial charge >= 0.3 is 0 Å². The van der Waals surface area contributed by atoms with Gasteiger partial charge in [0.25, 0.3) is 0 Å². The van der Waals surface area contributed by atoms with Gasteiger partial charge in [-0.1, -0.05) is 25.3 Å². The van der Waals surface area contributed by atoms with Gasteiger partial charge in [-0.25, -0.2) is 0 Å². The summed E-state index contributed by atoms with van der Waals surface area (Å²) in [6.07, 6.45) is 10.1. The lowest BCUT2D eigenvalue weighted by molar-refractivity contribution is 0.366. The highest BCUT2D eigenvalue weighted by molar-refractivity contribution is 5.90. The molecule has 1 fully saturated rings. The van der Waals surface area contributed by atoms with Crippen LogP contribution in [0.2, 0.25) is 0 Å². The van der Waals surface area contributed by atoms with E-state index < -0.39 is 0 Å². The molecule has 0 bridgehead atoms. The Hall–Kier alpha value is -2.61. The van der Waals surface area contributed by atoms with E-state index in [1.807, 2.05) is 31.3 Å². The molecule has 1 aliphatic heterocycles. The fraction of sp³-hybridized carbons (Fsp3) is 0.421. The Morgan fingerprint density at radius 1 is 1.33 bits per heavy atom. The molecule has 1 aromatic heterocycles. The zero-order chi connectivity index (χ0) is 16.8. The monoisotopic (exact) mass is 321 g/mol. The molecule has 124 valence electrons. The van der Waals surface area contributed by atoms with Crippen LogP contribution in [0.1, 0.15) is 44.7 Å². The van der Waals surface area contributed by atoms with Gasteiger partial charge in [0.05, 0.1) is 11.4 Å². The van der Waals surface area contributed by atoms with Crippen LogP contribution in [0.4, 0.5) is 0 Å². The fourth-order valence-electron chi connectivity index (χ4n) is 3.19. The predicted octanol–water partition coefficient (Wildman–Crippen LogP) is 3.35. The van der Waals surface area contributed by atoms with Crippen LogP contribution in [0, 0.1) is 17.2 Å². The SMILES string of the molecule is CC1=CNC(=NCC2CCCCC2)NC1=C(C#N)c1ccccn1. The predicted molar refractivity (Wildman–Crippen MR) is 95.7 cm³/mol. The van der Waals surface area contributed by atoms with Gasteiger partial charge in [-0.2, -0.15) is 5.26 Å². The highest BCUT2D eigenvalue weighted by Gasteiger charge is 2.18. The minimum Gasteiger partial charge on any atom is -0.332 e. The zero-order valence-electron chi connectivity index (χ0n) is 14.0. The summed E-state index contributed by atoms with van der Waals surface area (Å²) < 4.78 is 0. The van der Waals surface area contributed by atoms with E-state index in [0.717, 1.165) is 17.8 Å². The molecule has 0 aromatic carbocycles. The average molecular weight is 321 g/mol. The summed E-state index contributed by atoms with van der Waals surface area (Å²) in [5.41, 5.74) is 2.95. The number of pyridine rings is 1. The third kappa shape index (κ3) is 3.83. The molecule has 0 radical (unpaired) electrons. The van der Waals surface area contributed by atoms with E-state index >= 15 is 0 Å². The molecule has 3 rings (SSSR count). The van der Waals surface area contributed by atoms with Crippen LogP contribution in [0.15, 0.2) is 46.9 Å². The summed E-state index contributed by atoms with van der Waals surface area (Å²) >= 11 is 0. The Morgan fingerprint density at radius 3 is 2.88 bits per heavy atom. The van der Waals surface area contributed by atoms with Crippen molar-refractivity contribution in [1.82, 2.24) is 15.6 Å². The Kier molecular flexibility index (Phi) is 5.27. The Balaban J connectivity index is 1.81. The second-order valence-electron chi connectivity index (χ2n) is 6.37. The zero-order valence-corrected chi connectivity index (χ0v) is 14.0. The van der Waals surface area contributed by atoms with Crippen molar-refractivity contribution < 1.29 is 0 Å². The molecule has 1 saturated carbocycles. The molecule has 24 heavy (non-hydrogen) atoms. The maximum atomic E-state index is 9.59. The molecular weight excluding hydrogens is 298 g/mol. The van der Waals surface area contributed by atoms with Crippen molar-refractivity contribution in [2.24, 2.45) is 10.9 Å². The molecule has 0 atom stereocenters. The second-order valence-corrected chi connectivity index (χ2v) is 6.37. The molecule has 1 aliphatic carbocycles. The minimum atomic E-state index is 0.538. The van der Waals surface area contributed by atoms with Crippen LogP contribution in [-0.4, -0.2) is 17.5 Å². The first-order valence-corrected chi connectivity index (χ1v) is 8.59. The highest BCUT2D eigenvalue weighted by atomic mass is 15.2. The van der Waals surface area contributed by atoms with Crippen molar-refractivity contribution in [3.05, 3.63) is 47.6 Å². The first-order valence-electron chi connectivity index (χ1n) is 8.59. The van der Waals surface area contributed by atoms with Gasteiger partial charge in [-0.05, 0) is 43.4 Å². The summed E-state index contributed by atoms with van der Waals surface area (Å²) in [5, 5.41) is 16.1. The van der Waals surface area contributed by atoms with Crippen molar-refractivity contribution in [2.75, 3.05) is 6.54 Å². The van der Waals surface area contributed by atoms with Crippen LogP contribution in [0.3, 0.4) is 0 Å². The number of allylic oxidation sites excluding steroid dienone is 2. The maximum absolute atomic E-state index is 9.59. The standard InChI is InChI=1S/C19H23N5/c1-14-12-22-19(23-13-15-7-3-2-4-8-15)24-18(14)16(11-20)17-9-5-6-10-21-17/h5-6,9-10,12,15H,2-4,7-8,13H2,1H3,(H2,22,23,24). The van der Waals surface area contributed by atoms with Gasteiger partial charge in [-0.15, -0.1) is 0 Å². The molecule has 0 saturated heterocycles. The van der Waals surface area contributed by atoms with Crippen LogP contribution >= 0.6 is 0 Å². The Labute approximate surface area is 143 Å². The quantitative estimate of drug-likeness (QED) is 0.837. The highest BCUT2D eigenvalue weighted by Crippen LogP contribution is 2.24. The molecule has 5 nitrogen and oxygen atoms in total. The number of nitrogens with zero attached hydrogens (tertiary/aromatic N) is 3. The normalized spacial score (nSPS) is 22.2. The molecule has 0 amide bonds. The second kappa shape index (κ2) is 7.78. The van der Waals surface area contributed by atoms with Crippen molar-refractivity contribution in [3.8, 4) is 6.07 Å². The number of aromatic nitrogens is 1. The molecule has 2 N–H and O–H groups in total. The van der Waals surface area contributed by atoms with E-state index in [1.165, 1.54) is 32.1 Å². The number of hydrogen-bond donors (Lipinski definition) is 2. The van der Waals surface area contributed by atoms with E-state index in [1.54, 1.807) is 6.20 Å². The van der Waals surface area contributed by atoms with E-state index in [9.17, 15) is 5.26 Å². The van der Waals surface area contributed by atoms with E-state index in [0.29, 0.717) is 23.1 Å². The van der Waals surface area contributed by atoms with Crippen LogP contribution < -0.4 is 10.6 Å². The largest absolute Gasteiger partial charge is 0.332 e. The maximum Gasteiger partial charge on any atom is 0.199 e. The molecule has 1 aromatic rings. The topological polar surface area (TPSA) is 73.1 Å². The number of hydrogen-bond acceptors (Lipinski definition) is 3. The smallest absolute Gasteiger partial charge is 0.199 e. The first-order chi connectivity index (χ1) is 11.8. The number of nitrogens with one attached hydrogen (secondary N) is 2. The average Bonchev–Trinajstić information content (AvgIpc) is 2.64. The molecule has 2 aliphatic rings. The summed E-state index contributed by atoms with van der Waals surface area (Å²) in [7, 11) is 0. The lowest BCUT2D eigenvalue weighted by Crippen LogP contribution is -2.39. The molecule has 0 unspecified atom stereocenters. The number of guanidine groups is 1. The van der Waals surface area contributed by atoms with E-state index in [2.05, 4.69) is 26.7 Å². The van der Waals surface area contributed by atoms with Gasteiger partial charge in [0.2, 0.25) is 0 Å². The van der Waals surface area contributed by atoms with Gasteiger partial charge in [0, 0.05) is 18.9 Å². The summed E-state index contributed by atoms with van der Waals surface area (Å²) in [6, 6.07) is 7.86. The van der Waals surface area contributed by atoms with Gasteiger partial charge in [0.1, 0.15) is 11.6 Å². The van der Waals surface area contributed by atoms with E-state index in [4.69, 9.17) is 0 Å². The number of nitriles is 1. The van der Waals surface area contributed by atoms with Crippen molar-refractivity contribution in [3.63, 3.8) is 0 Å². The van der Waals surface area contributed by atoms with Gasteiger partial charge in [-0.3, -0.25) is 9.98 Å². The van der Waals surface area contributed by atoms with Crippen molar-refractivity contribution in [2.45, 2.75) is 39.0 Å². The fourth-order valence-corrected chi connectivity index (χ4v) is 3.19. The van der Waals surface area contributed by atoms with E-state index in [-0.39, 0.29) is 0 Å². The minimum absolute atomic E-state index is 0.538. The van der Waals surface area contributed by atoms with Crippen molar-refractivity contribution >= 4 is 11.5 Å². The number of rotatable bonds is 3. The lowest BCUT2D eigenvalue weighted by atomic mass is 9.89. The third-order valence-electron chi connectivity index (χ3n) is 4.58. The molecular formula is C19H23N5. The van der Waals surface area contributed by atoms with Crippen LogP contribution in [0.5, 0.6) is 0 Å². The van der Waals surface area contributed by atoms with Gasteiger partial charge in [0.15, 0.2) is 5.96 Å². The Bertz CT molecular complexity index is 703.